The van der Waals surface area contributed by atoms with Crippen LogP contribution in [0.1, 0.15) is 36.9 Å². The molecule has 3 aromatic carbocycles. The summed E-state index contributed by atoms with van der Waals surface area (Å²) >= 11 is 2.69. The van der Waals surface area contributed by atoms with Crippen molar-refractivity contribution in [2.24, 2.45) is 0 Å². The number of nitro benzene ring substituents is 1. The zero-order valence-electron chi connectivity index (χ0n) is 29.4. The molecule has 53 heavy (non-hydrogen) atoms. The normalized spacial score (nSPS) is 15.0. The first-order valence-electron chi connectivity index (χ1n) is 16.9. The van der Waals surface area contributed by atoms with E-state index in [1.165, 1.54) is 30.0 Å². The lowest BCUT2D eigenvalue weighted by Gasteiger charge is -2.29. The molecule has 0 saturated heterocycles. The van der Waals surface area contributed by atoms with Crippen molar-refractivity contribution in [3.63, 3.8) is 0 Å². The Morgan fingerprint density at radius 1 is 1.11 bits per heavy atom. The lowest BCUT2D eigenvalue weighted by molar-refractivity contribution is -0.385. The van der Waals surface area contributed by atoms with Gasteiger partial charge in [0, 0.05) is 67.9 Å². The zero-order chi connectivity index (χ0) is 37.9. The van der Waals surface area contributed by atoms with Crippen molar-refractivity contribution >= 4 is 69.5 Å². The van der Waals surface area contributed by atoms with E-state index in [-0.39, 0.29) is 35.0 Å². The number of aromatic nitrogens is 1. The van der Waals surface area contributed by atoms with E-state index in [0.29, 0.717) is 48.4 Å². The number of carbonyl (C=O) groups excluding carboxylic acids is 1. The first-order valence-corrected chi connectivity index (χ1v) is 23.7. The molecule has 6 rings (SSSR count). The highest BCUT2D eigenvalue weighted by Crippen LogP contribution is 2.46. The maximum Gasteiger partial charge on any atom is 0.355 e. The van der Waals surface area contributed by atoms with E-state index in [9.17, 15) is 33.2 Å². The van der Waals surface area contributed by atoms with E-state index in [1.807, 2.05) is 52.3 Å². The van der Waals surface area contributed by atoms with E-state index >= 15 is 0 Å². The molecule has 0 fully saturated rings. The molecule has 0 spiro atoms. The van der Waals surface area contributed by atoms with Crippen LogP contribution in [0.4, 0.5) is 16.5 Å². The fourth-order valence-corrected chi connectivity index (χ4v) is 9.94. The lowest BCUT2D eigenvalue weighted by Crippen LogP contribution is -2.31. The van der Waals surface area contributed by atoms with E-state index in [0.717, 1.165) is 50.2 Å². The van der Waals surface area contributed by atoms with Gasteiger partial charge in [0.1, 0.15) is 6.73 Å². The number of carboxylic acids is 1. The van der Waals surface area contributed by atoms with Gasteiger partial charge < -0.3 is 19.6 Å². The predicted octanol–water partition coefficient (Wildman–Crippen LogP) is 6.78. The molecular weight excluding hydrogens is 755 g/mol. The number of hydrogen-bond acceptors (Lipinski definition) is 12. The largest absolute Gasteiger partial charge is 0.476 e. The fourth-order valence-electron chi connectivity index (χ4n) is 5.95. The van der Waals surface area contributed by atoms with E-state index in [1.54, 1.807) is 6.08 Å². The van der Waals surface area contributed by atoms with Crippen LogP contribution >= 0.6 is 23.1 Å². The highest BCUT2D eigenvalue weighted by molar-refractivity contribution is 8.03. The van der Waals surface area contributed by atoms with Gasteiger partial charge in [-0.3, -0.25) is 14.9 Å². The van der Waals surface area contributed by atoms with Crippen LogP contribution in [-0.4, -0.2) is 69.7 Å². The van der Waals surface area contributed by atoms with Gasteiger partial charge in [0.15, 0.2) is 16.6 Å². The second-order valence-corrected chi connectivity index (χ2v) is 23.3. The standard InChI is InChI=1S/C36H39N5O8S3Si/c1-53(2,3)19-18-49-23-40-29-12-4-5-13-31(29)50-33(40)21-30(42)27-11-6-8-24-15-17-39(22-28(24)27)36-38-34(35(43)44)32(51-36)14-16-37-52(47,48)26-10-7-9-25(20-26)41(45)46/h4-13,20-21,37H,14-19,22-23H2,1-3H3,(H,43,44). The topological polar surface area (TPSA) is 172 Å². The zero-order valence-corrected chi connectivity index (χ0v) is 32.9. The Balaban J connectivity index is 1.18. The molecule has 0 bridgehead atoms. The van der Waals surface area contributed by atoms with Crippen LogP contribution in [0.3, 0.4) is 0 Å². The Kier molecular flexibility index (Phi) is 11.5. The summed E-state index contributed by atoms with van der Waals surface area (Å²) in [6.07, 6.45) is 2.32. The van der Waals surface area contributed by atoms with E-state index < -0.39 is 29.0 Å². The number of fused-ring (bicyclic) bond motifs is 2. The highest BCUT2D eigenvalue weighted by atomic mass is 32.2. The molecular formula is C36H39N5O8S3Si. The Morgan fingerprint density at radius 2 is 1.89 bits per heavy atom. The molecule has 0 saturated carbocycles. The molecule has 13 nitrogen and oxygen atoms in total. The number of rotatable bonds is 15. The molecule has 0 aliphatic carbocycles. The third-order valence-electron chi connectivity index (χ3n) is 8.79. The average molecular weight is 794 g/mol. The number of anilines is 2. The maximum absolute atomic E-state index is 14.0. The van der Waals surface area contributed by atoms with Crippen LogP contribution in [-0.2, 0) is 34.1 Å². The summed E-state index contributed by atoms with van der Waals surface area (Å²) in [6, 6.07) is 19.4. The molecule has 3 heterocycles. The van der Waals surface area contributed by atoms with E-state index in [2.05, 4.69) is 29.3 Å². The van der Waals surface area contributed by atoms with Crippen molar-refractivity contribution in [2.75, 3.05) is 36.2 Å². The third kappa shape index (κ3) is 9.05. The summed E-state index contributed by atoms with van der Waals surface area (Å²) in [4.78, 5) is 46.2. The minimum absolute atomic E-state index is 0.0353. The number of benzene rings is 3. The van der Waals surface area contributed by atoms with Crippen LogP contribution in [0, 0.1) is 10.1 Å². The van der Waals surface area contributed by atoms with Crippen LogP contribution in [0.15, 0.2) is 87.6 Å². The lowest BCUT2D eigenvalue weighted by atomic mass is 9.93. The smallest absolute Gasteiger partial charge is 0.355 e. The van der Waals surface area contributed by atoms with Crippen molar-refractivity contribution in [1.29, 1.82) is 0 Å². The Labute approximate surface area is 316 Å². The number of nitrogens with zero attached hydrogens (tertiary/aromatic N) is 4. The van der Waals surface area contributed by atoms with Gasteiger partial charge in [-0.05, 0) is 48.2 Å². The minimum Gasteiger partial charge on any atom is -0.476 e. The van der Waals surface area contributed by atoms with Gasteiger partial charge in [-0.1, -0.05) is 67.8 Å². The molecule has 0 unspecified atom stereocenters. The molecule has 2 N–H and O–H groups in total. The van der Waals surface area contributed by atoms with Gasteiger partial charge in [0.25, 0.3) is 5.69 Å². The first-order chi connectivity index (χ1) is 25.2. The number of ketones is 1. The number of carboxylic acid groups (broad SMARTS) is 1. The summed E-state index contributed by atoms with van der Waals surface area (Å²) in [5, 5.41) is 22.3. The Morgan fingerprint density at radius 3 is 2.64 bits per heavy atom. The quantitative estimate of drug-likeness (QED) is 0.0323. The number of thiazole rings is 1. The number of para-hydroxylation sites is 1. The summed E-state index contributed by atoms with van der Waals surface area (Å²) in [6.45, 7) is 8.65. The van der Waals surface area contributed by atoms with Gasteiger partial charge >= 0.3 is 5.97 Å². The molecule has 278 valence electrons. The first kappa shape index (κ1) is 38.3. The monoisotopic (exact) mass is 793 g/mol. The number of carbonyl (C=O) groups is 2. The second-order valence-electron chi connectivity index (χ2n) is 13.8. The summed E-state index contributed by atoms with van der Waals surface area (Å²) < 4.78 is 34.2. The number of nitro groups is 1. The fraction of sp³-hybridized carbons (Fsp3) is 0.306. The highest BCUT2D eigenvalue weighted by Gasteiger charge is 2.29. The summed E-state index contributed by atoms with van der Waals surface area (Å²) in [7, 11) is -5.36. The van der Waals surface area contributed by atoms with Gasteiger partial charge in [-0.2, -0.15) is 0 Å². The maximum atomic E-state index is 14.0. The van der Waals surface area contributed by atoms with Gasteiger partial charge in [0.2, 0.25) is 10.0 Å². The Hall–Kier alpha value is -4.39. The van der Waals surface area contributed by atoms with Gasteiger partial charge in [-0.25, -0.2) is 22.9 Å². The number of hydrogen-bond donors (Lipinski definition) is 2. The molecule has 0 amide bonds. The number of ether oxygens (including phenoxy) is 1. The van der Waals surface area contributed by atoms with Crippen LogP contribution < -0.4 is 14.5 Å². The minimum atomic E-state index is -4.09. The summed E-state index contributed by atoms with van der Waals surface area (Å²) in [5.41, 5.74) is 2.89. The number of sulfonamides is 1. The second kappa shape index (κ2) is 15.9. The predicted molar refractivity (Wildman–Crippen MR) is 208 cm³/mol. The van der Waals surface area contributed by atoms with Crippen molar-refractivity contribution in [3.05, 3.63) is 115 Å². The number of allylic oxidation sites excluding steroid dienone is 1. The van der Waals surface area contributed by atoms with Crippen LogP contribution in [0.2, 0.25) is 25.7 Å². The molecule has 0 radical (unpaired) electrons. The third-order valence-corrected chi connectivity index (χ3v) is 14.2. The van der Waals surface area contributed by atoms with Crippen LogP contribution in [0.25, 0.3) is 0 Å². The summed E-state index contributed by atoms with van der Waals surface area (Å²) in [5.74, 6) is -1.39. The number of nitrogens with one attached hydrogen (secondary N) is 1. The van der Waals surface area contributed by atoms with E-state index in [4.69, 9.17) is 4.74 Å². The molecule has 2 aliphatic heterocycles. The molecule has 2 aliphatic rings. The van der Waals surface area contributed by atoms with Crippen molar-refractivity contribution in [1.82, 2.24) is 9.71 Å². The number of thioether (sulfide) groups is 1. The Bertz CT molecular complexity index is 2200. The molecule has 0 atom stereocenters. The molecule has 1 aromatic heterocycles. The molecule has 4 aromatic rings. The van der Waals surface area contributed by atoms with Gasteiger partial charge in [-0.15, -0.1) is 11.3 Å². The number of non-ortho nitro benzene ring substituents is 1. The van der Waals surface area contributed by atoms with Crippen molar-refractivity contribution in [3.8, 4) is 0 Å². The number of aromatic carboxylic acids is 1. The van der Waals surface area contributed by atoms with Crippen LogP contribution in [0.5, 0.6) is 0 Å². The molecule has 17 heteroatoms. The van der Waals surface area contributed by atoms with Gasteiger partial charge in [0.05, 0.1) is 20.5 Å². The van der Waals surface area contributed by atoms with Crippen molar-refractivity contribution in [2.45, 2.75) is 54.9 Å². The average Bonchev–Trinajstić information content (AvgIpc) is 3.70. The van der Waals surface area contributed by atoms with Crippen molar-refractivity contribution < 1.29 is 32.8 Å². The SMILES string of the molecule is C[Si](C)(C)CCOCN1C(=CC(=O)c2cccc3c2CN(c2nc(C(=O)O)c(CCNS(=O)(=O)c4cccc([N+](=O)[O-])c4)s2)CC3)Sc2ccccc21.